The monoisotopic (exact) mass is 564 g/mol. The summed E-state index contributed by atoms with van der Waals surface area (Å²) in [6.45, 7) is -0.671. The quantitative estimate of drug-likeness (QED) is 0.235. The Morgan fingerprint density at radius 2 is 1.82 bits per heavy atom. The molecule has 0 atom stereocenters. The highest BCUT2D eigenvalue weighted by atomic mass is 79.9. The lowest BCUT2D eigenvalue weighted by atomic mass is 10.2. The maximum absolute atomic E-state index is 13.3. The van der Waals surface area contributed by atoms with Gasteiger partial charge < -0.3 is 0 Å². The molecule has 0 bridgehead atoms. The van der Waals surface area contributed by atoms with Gasteiger partial charge >= 0.3 is 0 Å². The lowest BCUT2D eigenvalue weighted by Gasteiger charge is -2.22. The molecule has 0 aliphatic rings. The number of nitrogens with zero attached hydrogens (tertiary/aromatic N) is 3. The first-order chi connectivity index (χ1) is 16.2. The van der Waals surface area contributed by atoms with Crippen molar-refractivity contribution < 1.29 is 18.1 Å². The predicted molar refractivity (Wildman–Crippen MR) is 132 cm³/mol. The maximum atomic E-state index is 13.3. The van der Waals surface area contributed by atoms with Gasteiger partial charge in [0.2, 0.25) is 10.0 Å². The Hall–Kier alpha value is -3.12. The molecule has 0 aromatic heterocycles. The molecule has 0 saturated heterocycles. The summed E-state index contributed by atoms with van der Waals surface area (Å²) in [7, 11) is -4.05. The normalized spacial score (nSPS) is 11.6. The number of nitrogens with one attached hydrogen (secondary N) is 1. The fraction of sp³-hybridized carbons (Fsp3) is 0.0909. The molecular formula is C22H18BrClN4O5S. The van der Waals surface area contributed by atoms with Gasteiger partial charge in [0.05, 0.1) is 22.6 Å². The van der Waals surface area contributed by atoms with Gasteiger partial charge in [-0.25, -0.2) is 13.8 Å². The number of hydrogen-bond donors (Lipinski definition) is 1. The van der Waals surface area contributed by atoms with Crippen molar-refractivity contribution in [3.05, 3.63) is 104 Å². The van der Waals surface area contributed by atoms with Crippen molar-refractivity contribution >= 4 is 55.4 Å². The summed E-state index contributed by atoms with van der Waals surface area (Å²) in [5.74, 6) is -0.700. The molecular weight excluding hydrogens is 548 g/mol. The van der Waals surface area contributed by atoms with Crippen molar-refractivity contribution in [3.63, 3.8) is 0 Å². The van der Waals surface area contributed by atoms with Crippen molar-refractivity contribution in [1.29, 1.82) is 0 Å². The Morgan fingerprint density at radius 3 is 2.50 bits per heavy atom. The summed E-state index contributed by atoms with van der Waals surface area (Å²) in [6, 6.07) is 18.4. The molecule has 1 amide bonds. The highest BCUT2D eigenvalue weighted by molar-refractivity contribution is 9.10. The van der Waals surface area contributed by atoms with E-state index >= 15 is 0 Å². The standard InChI is InChI=1S/C22H18BrClN4O5S/c23-18-8-10-20(11-9-18)34(32,33)27(14-17-5-1-2-7-21(17)24)15-22(29)26-25-13-16-4-3-6-19(12-16)28(30)31/h1-13H,14-15H2,(H,26,29)/b25-13+. The van der Waals surface area contributed by atoms with E-state index in [0.29, 0.717) is 20.6 Å². The van der Waals surface area contributed by atoms with Gasteiger partial charge in [-0.15, -0.1) is 0 Å². The first-order valence-corrected chi connectivity index (χ1v) is 12.3. The molecule has 0 spiro atoms. The molecule has 3 aromatic carbocycles. The number of rotatable bonds is 9. The zero-order valence-electron chi connectivity index (χ0n) is 17.5. The molecule has 0 aliphatic heterocycles. The van der Waals surface area contributed by atoms with Crippen LogP contribution in [0.15, 0.2) is 87.3 Å². The number of nitro groups is 1. The Balaban J connectivity index is 1.80. The van der Waals surface area contributed by atoms with Crippen LogP contribution < -0.4 is 5.43 Å². The topological polar surface area (TPSA) is 122 Å². The smallest absolute Gasteiger partial charge is 0.270 e. The predicted octanol–water partition coefficient (Wildman–Crippen LogP) is 4.35. The number of non-ortho nitro benzene ring substituents is 1. The van der Waals surface area contributed by atoms with Crippen molar-refractivity contribution in [2.75, 3.05) is 6.54 Å². The highest BCUT2D eigenvalue weighted by Crippen LogP contribution is 2.23. The summed E-state index contributed by atoms with van der Waals surface area (Å²) in [6.07, 6.45) is 1.23. The summed E-state index contributed by atoms with van der Waals surface area (Å²) in [5, 5.41) is 15.0. The van der Waals surface area contributed by atoms with E-state index in [-0.39, 0.29) is 17.1 Å². The largest absolute Gasteiger partial charge is 0.272 e. The van der Waals surface area contributed by atoms with Gasteiger partial charge in [-0.2, -0.15) is 9.41 Å². The second-order valence-electron chi connectivity index (χ2n) is 6.96. The average molecular weight is 566 g/mol. The van der Waals surface area contributed by atoms with Gasteiger partial charge in [0.25, 0.3) is 11.6 Å². The second kappa shape index (κ2) is 11.3. The van der Waals surface area contributed by atoms with Crippen LogP contribution in [-0.4, -0.2) is 36.3 Å². The van der Waals surface area contributed by atoms with Crippen LogP contribution in [0.2, 0.25) is 5.02 Å². The molecule has 9 nitrogen and oxygen atoms in total. The van der Waals surface area contributed by atoms with Gasteiger partial charge in [0.1, 0.15) is 0 Å². The minimum absolute atomic E-state index is 0.00986. The minimum atomic E-state index is -4.05. The third-order valence-corrected chi connectivity index (χ3v) is 7.26. The molecule has 3 rings (SSSR count). The fourth-order valence-corrected chi connectivity index (χ4v) is 4.73. The number of halogens is 2. The van der Waals surface area contributed by atoms with E-state index in [9.17, 15) is 23.3 Å². The van der Waals surface area contributed by atoms with Crippen molar-refractivity contribution in [2.45, 2.75) is 11.4 Å². The van der Waals surface area contributed by atoms with Gasteiger partial charge in [-0.05, 0) is 35.9 Å². The van der Waals surface area contributed by atoms with Crippen LogP contribution in [0.5, 0.6) is 0 Å². The lowest BCUT2D eigenvalue weighted by molar-refractivity contribution is -0.384. The molecule has 0 saturated carbocycles. The van der Waals surface area contributed by atoms with E-state index in [2.05, 4.69) is 26.5 Å². The third kappa shape index (κ3) is 6.70. The molecule has 176 valence electrons. The van der Waals surface area contributed by atoms with Gasteiger partial charge in [0.15, 0.2) is 0 Å². The molecule has 34 heavy (non-hydrogen) atoms. The van der Waals surface area contributed by atoms with E-state index in [0.717, 1.165) is 4.31 Å². The number of carbonyl (C=O) groups is 1. The molecule has 0 heterocycles. The molecule has 0 radical (unpaired) electrons. The zero-order valence-corrected chi connectivity index (χ0v) is 20.6. The fourth-order valence-electron chi connectivity index (χ4n) is 2.89. The van der Waals surface area contributed by atoms with Crippen LogP contribution >= 0.6 is 27.5 Å². The second-order valence-corrected chi connectivity index (χ2v) is 10.2. The van der Waals surface area contributed by atoms with E-state index in [4.69, 9.17) is 11.6 Å². The Labute approximate surface area is 209 Å². The Kier molecular flexibility index (Phi) is 8.51. The highest BCUT2D eigenvalue weighted by Gasteiger charge is 2.27. The summed E-state index contributed by atoms with van der Waals surface area (Å²) in [4.78, 5) is 22.9. The summed E-state index contributed by atoms with van der Waals surface area (Å²) >= 11 is 9.48. The summed E-state index contributed by atoms with van der Waals surface area (Å²) < 4.78 is 28.3. The first kappa shape index (κ1) is 25.5. The zero-order chi connectivity index (χ0) is 24.7. The molecule has 3 aromatic rings. The molecule has 0 fully saturated rings. The minimum Gasteiger partial charge on any atom is -0.272 e. The van der Waals surface area contributed by atoms with Crippen LogP contribution in [0.3, 0.4) is 0 Å². The first-order valence-electron chi connectivity index (χ1n) is 9.72. The van der Waals surface area contributed by atoms with E-state index < -0.39 is 27.4 Å². The Bertz CT molecular complexity index is 1330. The van der Waals surface area contributed by atoms with Crippen LogP contribution in [0.1, 0.15) is 11.1 Å². The van der Waals surface area contributed by atoms with Crippen molar-refractivity contribution in [2.24, 2.45) is 5.10 Å². The number of sulfonamides is 1. The molecule has 0 aliphatic carbocycles. The summed E-state index contributed by atoms with van der Waals surface area (Å²) in [5.41, 5.74) is 3.05. The van der Waals surface area contributed by atoms with Crippen LogP contribution in [0.25, 0.3) is 0 Å². The number of benzene rings is 3. The lowest BCUT2D eigenvalue weighted by Crippen LogP contribution is -2.39. The Morgan fingerprint density at radius 1 is 1.12 bits per heavy atom. The number of carbonyl (C=O) groups excluding carboxylic acids is 1. The third-order valence-electron chi connectivity index (χ3n) is 4.56. The van der Waals surface area contributed by atoms with Crippen LogP contribution in [0, 0.1) is 10.1 Å². The van der Waals surface area contributed by atoms with Gasteiger partial charge in [-0.3, -0.25) is 14.9 Å². The molecule has 0 unspecified atom stereocenters. The van der Waals surface area contributed by atoms with E-state index in [1.54, 1.807) is 42.5 Å². The number of hydrogen-bond acceptors (Lipinski definition) is 6. The number of amides is 1. The van der Waals surface area contributed by atoms with Crippen molar-refractivity contribution in [1.82, 2.24) is 9.73 Å². The average Bonchev–Trinajstić information content (AvgIpc) is 2.80. The van der Waals surface area contributed by atoms with E-state index in [1.807, 2.05) is 0 Å². The van der Waals surface area contributed by atoms with Crippen LogP contribution in [-0.2, 0) is 21.4 Å². The SMILES string of the molecule is O=C(CN(Cc1ccccc1Cl)S(=O)(=O)c1ccc(Br)cc1)N/N=C/c1cccc([N+](=O)[O-])c1. The molecule has 1 N–H and O–H groups in total. The number of hydrazone groups is 1. The maximum Gasteiger partial charge on any atom is 0.270 e. The van der Waals surface area contributed by atoms with Gasteiger partial charge in [0, 0.05) is 33.7 Å². The van der Waals surface area contributed by atoms with Gasteiger partial charge in [-0.1, -0.05) is 57.9 Å². The van der Waals surface area contributed by atoms with Crippen molar-refractivity contribution in [3.8, 4) is 0 Å². The molecule has 12 heteroatoms. The van der Waals surface area contributed by atoms with E-state index in [1.165, 1.54) is 36.5 Å². The van der Waals surface area contributed by atoms with Crippen LogP contribution in [0.4, 0.5) is 5.69 Å². The number of nitro benzene ring substituents is 1.